The third-order valence-corrected chi connectivity index (χ3v) is 6.56. The van der Waals surface area contributed by atoms with Crippen LogP contribution >= 0.6 is 0 Å². The molecule has 0 N–H and O–H groups in total. The number of benzene rings is 3. The van der Waals surface area contributed by atoms with Crippen molar-refractivity contribution in [3.63, 3.8) is 0 Å². The summed E-state index contributed by atoms with van der Waals surface area (Å²) in [5.41, 5.74) is 1.59. The Bertz CT molecular complexity index is 1120. The molecule has 0 aromatic heterocycles. The number of ether oxygens (including phenoxy) is 3. The van der Waals surface area contributed by atoms with E-state index >= 15 is 0 Å². The average Bonchev–Trinajstić information content (AvgIpc) is 2.74. The topological polar surface area (TPSA) is 71.1 Å². The van der Waals surface area contributed by atoms with Gasteiger partial charge < -0.3 is 14.2 Å². The van der Waals surface area contributed by atoms with Crippen LogP contribution in [0.3, 0.4) is 0 Å². The van der Waals surface area contributed by atoms with Crippen LogP contribution in [0.1, 0.15) is 18.1 Å². The summed E-state index contributed by atoms with van der Waals surface area (Å²) in [6.07, 6.45) is -0.963. The van der Waals surface area contributed by atoms with Gasteiger partial charge in [0.15, 0.2) is 0 Å². The van der Waals surface area contributed by atoms with Crippen molar-refractivity contribution < 1.29 is 26.8 Å². The molecule has 0 fully saturated rings. The summed E-state index contributed by atoms with van der Waals surface area (Å²) in [7, 11) is 0.516. The minimum Gasteiger partial charge on any atom is -0.497 e. The van der Waals surface area contributed by atoms with E-state index in [1.165, 1.54) is 26.4 Å². The Hall–Kier alpha value is -2.45. The highest BCUT2D eigenvalue weighted by molar-refractivity contribution is 7.86. The van der Waals surface area contributed by atoms with Crippen LogP contribution in [0.25, 0.3) is 10.8 Å². The second-order valence-corrected chi connectivity index (χ2v) is 8.58. The first-order chi connectivity index (χ1) is 14.3. The summed E-state index contributed by atoms with van der Waals surface area (Å²) in [6.45, 7) is 3.49. The second kappa shape index (κ2) is 8.73. The number of hydrogen-bond acceptors (Lipinski definition) is 6. The molecule has 0 bridgehead atoms. The van der Waals surface area contributed by atoms with Crippen LogP contribution in [0.5, 0.6) is 5.75 Å². The SMILES string of the molecule is COc1ccc2cc(C(OC)(OC)C(C)OS(=O)(=O)c3ccc(C)cc3)ccc2c1. The molecular weight excluding hydrogens is 404 g/mol. The molecule has 0 saturated heterocycles. The molecule has 0 aliphatic heterocycles. The maximum atomic E-state index is 12.8. The zero-order valence-corrected chi connectivity index (χ0v) is 18.5. The van der Waals surface area contributed by atoms with Gasteiger partial charge in [0, 0.05) is 19.8 Å². The summed E-state index contributed by atoms with van der Waals surface area (Å²) in [6, 6.07) is 17.8. The Balaban J connectivity index is 1.98. The lowest BCUT2D eigenvalue weighted by molar-refractivity contribution is -0.257. The molecule has 30 heavy (non-hydrogen) atoms. The first-order valence-corrected chi connectivity index (χ1v) is 10.8. The van der Waals surface area contributed by atoms with E-state index in [0.29, 0.717) is 5.56 Å². The van der Waals surface area contributed by atoms with Crippen LogP contribution in [0.4, 0.5) is 0 Å². The van der Waals surface area contributed by atoms with Crippen molar-refractivity contribution in [2.45, 2.75) is 30.6 Å². The highest BCUT2D eigenvalue weighted by Gasteiger charge is 2.42. The number of methoxy groups -OCH3 is 3. The first kappa shape index (κ1) is 22.2. The predicted molar refractivity (Wildman–Crippen MR) is 115 cm³/mol. The van der Waals surface area contributed by atoms with Crippen LogP contribution in [0.2, 0.25) is 0 Å². The molecule has 1 atom stereocenters. The molecule has 1 unspecified atom stereocenters. The average molecular weight is 431 g/mol. The summed E-state index contributed by atoms with van der Waals surface area (Å²) >= 11 is 0. The summed E-state index contributed by atoms with van der Waals surface area (Å²) in [5.74, 6) is -0.674. The van der Waals surface area contributed by atoms with E-state index in [9.17, 15) is 8.42 Å². The van der Waals surface area contributed by atoms with E-state index in [2.05, 4.69) is 0 Å². The van der Waals surface area contributed by atoms with Crippen LogP contribution in [0.15, 0.2) is 65.6 Å². The Morgan fingerprint density at radius 2 is 1.43 bits per heavy atom. The van der Waals surface area contributed by atoms with E-state index in [1.54, 1.807) is 26.2 Å². The van der Waals surface area contributed by atoms with Crippen molar-refractivity contribution in [2.24, 2.45) is 0 Å². The normalized spacial score (nSPS) is 13.4. The number of fused-ring (bicyclic) bond motifs is 1. The number of aryl methyl sites for hydroxylation is 1. The molecule has 3 rings (SSSR count). The first-order valence-electron chi connectivity index (χ1n) is 9.44. The molecule has 0 saturated carbocycles. The molecule has 0 aliphatic carbocycles. The molecule has 0 heterocycles. The van der Waals surface area contributed by atoms with Gasteiger partial charge in [-0.1, -0.05) is 35.9 Å². The minimum atomic E-state index is -4.02. The highest BCUT2D eigenvalue weighted by atomic mass is 32.2. The van der Waals surface area contributed by atoms with Gasteiger partial charge in [0.05, 0.1) is 12.0 Å². The molecule has 0 aliphatic rings. The monoisotopic (exact) mass is 430 g/mol. The van der Waals surface area contributed by atoms with Crippen LogP contribution in [-0.4, -0.2) is 35.9 Å². The van der Waals surface area contributed by atoms with Gasteiger partial charge in [0.2, 0.25) is 5.79 Å². The Morgan fingerprint density at radius 1 is 0.833 bits per heavy atom. The van der Waals surface area contributed by atoms with Gasteiger partial charge in [0.25, 0.3) is 10.1 Å². The Labute approximate surface area is 177 Å². The minimum absolute atomic E-state index is 0.0756. The van der Waals surface area contributed by atoms with Crippen molar-refractivity contribution in [3.8, 4) is 5.75 Å². The fourth-order valence-electron chi connectivity index (χ4n) is 3.47. The van der Waals surface area contributed by atoms with Crippen molar-refractivity contribution in [3.05, 3.63) is 71.8 Å². The van der Waals surface area contributed by atoms with Crippen molar-refractivity contribution in [1.29, 1.82) is 0 Å². The molecule has 6 nitrogen and oxygen atoms in total. The molecule has 7 heteroatoms. The van der Waals surface area contributed by atoms with Crippen LogP contribution in [0, 0.1) is 6.92 Å². The predicted octanol–water partition coefficient (Wildman–Crippen LogP) is 4.40. The fraction of sp³-hybridized carbons (Fsp3) is 0.304. The second-order valence-electron chi connectivity index (χ2n) is 7.01. The Morgan fingerprint density at radius 3 is 2.03 bits per heavy atom. The maximum Gasteiger partial charge on any atom is 0.297 e. The van der Waals surface area contributed by atoms with Crippen molar-refractivity contribution in [1.82, 2.24) is 0 Å². The summed E-state index contributed by atoms with van der Waals surface area (Å²) in [4.78, 5) is 0.0756. The van der Waals surface area contributed by atoms with Gasteiger partial charge in [-0.05, 0) is 55.0 Å². The third-order valence-electron chi connectivity index (χ3n) is 5.17. The van der Waals surface area contributed by atoms with Gasteiger partial charge >= 0.3 is 0 Å². The van der Waals surface area contributed by atoms with Crippen molar-refractivity contribution >= 4 is 20.9 Å². The molecule has 3 aromatic carbocycles. The molecule has 3 aromatic rings. The third kappa shape index (κ3) is 4.20. The largest absolute Gasteiger partial charge is 0.497 e. The summed E-state index contributed by atoms with van der Waals surface area (Å²) in [5, 5.41) is 1.90. The zero-order valence-electron chi connectivity index (χ0n) is 17.7. The molecule has 0 radical (unpaired) electrons. The van der Waals surface area contributed by atoms with E-state index in [1.807, 2.05) is 43.3 Å². The van der Waals surface area contributed by atoms with E-state index in [-0.39, 0.29) is 4.90 Å². The van der Waals surface area contributed by atoms with Gasteiger partial charge in [-0.15, -0.1) is 0 Å². The van der Waals surface area contributed by atoms with Gasteiger partial charge in [-0.3, -0.25) is 4.18 Å². The van der Waals surface area contributed by atoms with Gasteiger partial charge in [-0.2, -0.15) is 8.42 Å². The molecule has 0 spiro atoms. The number of hydrogen-bond donors (Lipinski definition) is 0. The standard InChI is InChI=1S/C23H26O6S/c1-16-6-12-22(13-7-16)30(24,25)29-17(2)23(27-4,28-5)20-10-8-19-15-21(26-3)11-9-18(19)14-20/h6-15,17H,1-5H3. The van der Waals surface area contributed by atoms with E-state index in [4.69, 9.17) is 18.4 Å². The zero-order chi connectivity index (χ0) is 21.9. The highest BCUT2D eigenvalue weighted by Crippen LogP contribution is 2.35. The van der Waals surface area contributed by atoms with Crippen LogP contribution < -0.4 is 4.74 Å². The maximum absolute atomic E-state index is 12.8. The number of rotatable bonds is 8. The smallest absolute Gasteiger partial charge is 0.297 e. The molecular formula is C23H26O6S. The summed E-state index contributed by atoms with van der Waals surface area (Å²) < 4.78 is 47.8. The quantitative estimate of drug-likeness (QED) is 0.390. The lowest BCUT2D eigenvalue weighted by Gasteiger charge is -2.36. The van der Waals surface area contributed by atoms with E-state index < -0.39 is 22.0 Å². The lowest BCUT2D eigenvalue weighted by Crippen LogP contribution is -2.44. The Kier molecular flexibility index (Phi) is 6.47. The fourth-order valence-corrected chi connectivity index (χ4v) is 4.55. The van der Waals surface area contributed by atoms with Crippen molar-refractivity contribution in [2.75, 3.05) is 21.3 Å². The van der Waals surface area contributed by atoms with E-state index in [0.717, 1.165) is 22.1 Å². The lowest BCUT2D eigenvalue weighted by atomic mass is 9.97. The molecule has 0 amide bonds. The van der Waals surface area contributed by atoms with Crippen LogP contribution in [-0.2, 0) is 29.6 Å². The van der Waals surface area contributed by atoms with Gasteiger partial charge in [0.1, 0.15) is 11.9 Å². The molecule has 160 valence electrons. The van der Waals surface area contributed by atoms with Gasteiger partial charge in [-0.25, -0.2) is 0 Å².